The molecule has 0 aromatic heterocycles. The minimum atomic E-state index is -1.19. The highest BCUT2D eigenvalue weighted by Crippen LogP contribution is 2.24. The standard InChI is InChI=1S/C17H18N2O5/c1-17(12-20,14-8-5-9-15(10-14)19(22)23)18-16(21)24-11-13-6-3-2-4-7-13/h2-10,20H,11-12H2,1H3,(H,18,21). The molecule has 7 heteroatoms. The molecule has 2 N–H and O–H groups in total. The Balaban J connectivity index is 2.07. The molecule has 2 aromatic rings. The van der Waals surface area contributed by atoms with Crippen molar-refractivity contribution in [1.82, 2.24) is 5.32 Å². The van der Waals surface area contributed by atoms with Crippen LogP contribution < -0.4 is 5.32 Å². The van der Waals surface area contributed by atoms with Crippen LogP contribution in [0.1, 0.15) is 18.1 Å². The van der Waals surface area contributed by atoms with Crippen LogP contribution in [0.4, 0.5) is 10.5 Å². The molecule has 0 saturated heterocycles. The van der Waals surface area contributed by atoms with Gasteiger partial charge in [-0.15, -0.1) is 0 Å². The molecule has 0 saturated carbocycles. The summed E-state index contributed by atoms with van der Waals surface area (Å²) in [6.07, 6.45) is -0.720. The molecule has 0 aliphatic carbocycles. The minimum absolute atomic E-state index is 0.0864. The number of non-ortho nitro benzene ring substituents is 1. The first-order valence-electron chi connectivity index (χ1n) is 7.29. The van der Waals surface area contributed by atoms with E-state index in [1.807, 2.05) is 30.3 Å². The fourth-order valence-electron chi connectivity index (χ4n) is 2.15. The third-order valence-corrected chi connectivity index (χ3v) is 3.60. The van der Waals surface area contributed by atoms with Crippen LogP contribution in [0.5, 0.6) is 0 Å². The molecule has 1 unspecified atom stereocenters. The summed E-state index contributed by atoms with van der Waals surface area (Å²) in [5, 5.41) is 23.1. The summed E-state index contributed by atoms with van der Waals surface area (Å²) in [6, 6.07) is 14.9. The molecule has 126 valence electrons. The molecule has 2 aromatic carbocycles. The lowest BCUT2D eigenvalue weighted by atomic mass is 9.93. The van der Waals surface area contributed by atoms with Crippen molar-refractivity contribution in [1.29, 1.82) is 0 Å². The predicted molar refractivity (Wildman–Crippen MR) is 87.3 cm³/mol. The first kappa shape index (κ1) is 17.4. The Morgan fingerprint density at radius 1 is 1.25 bits per heavy atom. The lowest BCUT2D eigenvalue weighted by Gasteiger charge is -2.28. The molecule has 7 nitrogen and oxygen atoms in total. The average molecular weight is 330 g/mol. The molecule has 0 fully saturated rings. The molecule has 0 radical (unpaired) electrons. The van der Waals surface area contributed by atoms with Crippen LogP contribution in [-0.4, -0.2) is 22.7 Å². The number of nitro groups is 1. The highest BCUT2D eigenvalue weighted by Gasteiger charge is 2.30. The van der Waals surface area contributed by atoms with Gasteiger partial charge in [-0.1, -0.05) is 42.5 Å². The van der Waals surface area contributed by atoms with E-state index in [0.29, 0.717) is 5.56 Å². The van der Waals surface area contributed by atoms with Crippen LogP contribution in [-0.2, 0) is 16.9 Å². The Labute approximate surface area is 139 Å². The van der Waals surface area contributed by atoms with Crippen molar-refractivity contribution in [2.75, 3.05) is 6.61 Å². The number of alkyl carbamates (subject to hydrolysis) is 1. The van der Waals surface area contributed by atoms with E-state index in [9.17, 15) is 20.0 Å². The van der Waals surface area contributed by atoms with Crippen molar-refractivity contribution in [2.45, 2.75) is 19.1 Å². The first-order chi connectivity index (χ1) is 11.4. The maximum atomic E-state index is 12.0. The summed E-state index contributed by atoms with van der Waals surface area (Å²) < 4.78 is 5.13. The summed E-state index contributed by atoms with van der Waals surface area (Å²) in [5.41, 5.74) is -0.0732. The van der Waals surface area contributed by atoms with E-state index in [-0.39, 0.29) is 12.3 Å². The minimum Gasteiger partial charge on any atom is -0.445 e. The number of carbonyl (C=O) groups excluding carboxylic acids is 1. The number of carbonyl (C=O) groups is 1. The smallest absolute Gasteiger partial charge is 0.408 e. The van der Waals surface area contributed by atoms with Crippen LogP contribution in [0.25, 0.3) is 0 Å². The fraction of sp³-hybridized carbons (Fsp3) is 0.235. The second-order valence-corrected chi connectivity index (χ2v) is 5.48. The number of aliphatic hydroxyl groups excluding tert-OH is 1. The van der Waals surface area contributed by atoms with Gasteiger partial charge in [0.25, 0.3) is 5.69 Å². The number of nitro benzene ring substituents is 1. The molecule has 2 rings (SSSR count). The van der Waals surface area contributed by atoms with E-state index < -0.39 is 23.2 Å². The van der Waals surface area contributed by atoms with E-state index in [1.54, 1.807) is 13.0 Å². The SMILES string of the molecule is CC(CO)(NC(=O)OCc1ccccc1)c1cccc([N+](=O)[O-])c1. The number of aliphatic hydroxyl groups is 1. The summed E-state index contributed by atoms with van der Waals surface area (Å²) >= 11 is 0. The summed E-state index contributed by atoms with van der Waals surface area (Å²) in [6.45, 7) is 1.22. The second kappa shape index (κ2) is 7.56. The van der Waals surface area contributed by atoms with Crippen LogP contribution in [0.15, 0.2) is 54.6 Å². The number of benzene rings is 2. The predicted octanol–water partition coefficient (Wildman–Crippen LogP) is 2.73. The van der Waals surface area contributed by atoms with Gasteiger partial charge in [0.15, 0.2) is 0 Å². The van der Waals surface area contributed by atoms with E-state index in [4.69, 9.17) is 4.74 Å². The number of nitrogens with zero attached hydrogens (tertiary/aromatic N) is 1. The van der Waals surface area contributed by atoms with Gasteiger partial charge in [-0.2, -0.15) is 0 Å². The molecule has 1 atom stereocenters. The summed E-state index contributed by atoms with van der Waals surface area (Å²) in [5.74, 6) is 0. The quantitative estimate of drug-likeness (QED) is 0.626. The average Bonchev–Trinajstić information content (AvgIpc) is 2.61. The maximum absolute atomic E-state index is 12.0. The van der Waals surface area contributed by atoms with Crippen molar-refractivity contribution in [3.8, 4) is 0 Å². The molecule has 0 aliphatic heterocycles. The van der Waals surface area contributed by atoms with Gasteiger partial charge in [-0.25, -0.2) is 4.79 Å². The Morgan fingerprint density at radius 3 is 2.58 bits per heavy atom. The van der Waals surface area contributed by atoms with Gasteiger partial charge in [-0.05, 0) is 18.1 Å². The number of amides is 1. The molecule has 0 bridgehead atoms. The van der Waals surface area contributed by atoms with Crippen molar-refractivity contribution < 1.29 is 19.6 Å². The van der Waals surface area contributed by atoms with Crippen molar-refractivity contribution in [2.24, 2.45) is 0 Å². The Bertz CT molecular complexity index is 720. The number of hydrogen-bond acceptors (Lipinski definition) is 5. The zero-order chi connectivity index (χ0) is 17.6. The molecule has 0 heterocycles. The van der Waals surface area contributed by atoms with Crippen molar-refractivity contribution in [3.05, 3.63) is 75.8 Å². The first-order valence-corrected chi connectivity index (χ1v) is 7.29. The number of nitrogens with one attached hydrogen (secondary N) is 1. The lowest BCUT2D eigenvalue weighted by Crippen LogP contribution is -2.46. The Kier molecular flexibility index (Phi) is 5.49. The van der Waals surface area contributed by atoms with Crippen molar-refractivity contribution in [3.63, 3.8) is 0 Å². The highest BCUT2D eigenvalue weighted by atomic mass is 16.6. The van der Waals surface area contributed by atoms with Crippen LogP contribution in [0.2, 0.25) is 0 Å². The monoisotopic (exact) mass is 330 g/mol. The maximum Gasteiger partial charge on any atom is 0.408 e. The van der Waals surface area contributed by atoms with E-state index in [0.717, 1.165) is 5.56 Å². The lowest BCUT2D eigenvalue weighted by molar-refractivity contribution is -0.385. The zero-order valence-electron chi connectivity index (χ0n) is 13.1. The van der Waals surface area contributed by atoms with E-state index in [1.165, 1.54) is 18.2 Å². The molecule has 0 spiro atoms. The van der Waals surface area contributed by atoms with Crippen molar-refractivity contribution >= 4 is 11.8 Å². The van der Waals surface area contributed by atoms with Gasteiger partial charge >= 0.3 is 6.09 Å². The van der Waals surface area contributed by atoms with Gasteiger partial charge in [-0.3, -0.25) is 10.1 Å². The third kappa shape index (κ3) is 4.30. The van der Waals surface area contributed by atoms with E-state index in [2.05, 4.69) is 5.32 Å². The number of rotatable bonds is 6. The van der Waals surface area contributed by atoms with Gasteiger partial charge in [0.05, 0.1) is 17.1 Å². The largest absolute Gasteiger partial charge is 0.445 e. The highest BCUT2D eigenvalue weighted by molar-refractivity contribution is 5.68. The number of hydrogen-bond donors (Lipinski definition) is 2. The van der Waals surface area contributed by atoms with Crippen LogP contribution in [0, 0.1) is 10.1 Å². The van der Waals surface area contributed by atoms with Crippen LogP contribution >= 0.6 is 0 Å². The Morgan fingerprint density at radius 2 is 1.96 bits per heavy atom. The Hall–Kier alpha value is -2.93. The summed E-state index contributed by atoms with van der Waals surface area (Å²) in [7, 11) is 0. The summed E-state index contributed by atoms with van der Waals surface area (Å²) in [4.78, 5) is 22.4. The normalized spacial score (nSPS) is 12.9. The molecular formula is C17H18N2O5. The van der Waals surface area contributed by atoms with Gasteiger partial charge in [0.2, 0.25) is 0 Å². The fourth-order valence-corrected chi connectivity index (χ4v) is 2.15. The van der Waals surface area contributed by atoms with Gasteiger partial charge in [0, 0.05) is 12.1 Å². The second-order valence-electron chi connectivity index (χ2n) is 5.48. The van der Waals surface area contributed by atoms with Crippen LogP contribution in [0.3, 0.4) is 0 Å². The zero-order valence-corrected chi connectivity index (χ0v) is 13.1. The number of ether oxygens (including phenoxy) is 1. The molecule has 24 heavy (non-hydrogen) atoms. The molecular weight excluding hydrogens is 312 g/mol. The third-order valence-electron chi connectivity index (χ3n) is 3.60. The van der Waals surface area contributed by atoms with Gasteiger partial charge < -0.3 is 15.2 Å². The van der Waals surface area contributed by atoms with E-state index >= 15 is 0 Å². The topological polar surface area (TPSA) is 102 Å². The van der Waals surface area contributed by atoms with Gasteiger partial charge in [0.1, 0.15) is 6.61 Å². The molecule has 1 amide bonds. The molecule has 0 aliphatic rings.